The molecule has 0 unspecified atom stereocenters. The highest BCUT2D eigenvalue weighted by Gasteiger charge is 2.26. The Morgan fingerprint density at radius 1 is 1.00 bits per heavy atom. The number of rotatable bonds is 2. The molecule has 26 heavy (non-hydrogen) atoms. The Kier molecular flexibility index (Phi) is 3.54. The summed E-state index contributed by atoms with van der Waals surface area (Å²) in [7, 11) is 0. The molecule has 1 amide bonds. The second-order valence-corrected chi connectivity index (χ2v) is 7.83. The zero-order chi connectivity index (χ0) is 17.8. The number of hydrogen-bond donors (Lipinski definition) is 1. The first-order chi connectivity index (χ1) is 12.6. The molecular weight excluding hydrogens is 387 g/mol. The molecule has 3 nitrogen and oxygen atoms in total. The molecule has 0 aliphatic heterocycles. The largest absolute Gasteiger partial charge is 0.298 e. The topological polar surface area (TPSA) is 42.0 Å². The molecule has 1 aromatic heterocycles. The Morgan fingerprint density at radius 2 is 1.77 bits per heavy atom. The van der Waals surface area contributed by atoms with Crippen molar-refractivity contribution in [2.75, 3.05) is 5.32 Å². The zero-order valence-corrected chi connectivity index (χ0v) is 15.5. The second-order valence-electron chi connectivity index (χ2n) is 5.98. The van der Waals surface area contributed by atoms with Crippen LogP contribution in [0, 0.1) is 0 Å². The summed E-state index contributed by atoms with van der Waals surface area (Å²) >= 11 is 13.5. The maximum Gasteiger partial charge on any atom is 0.258 e. The van der Waals surface area contributed by atoms with Gasteiger partial charge in [-0.2, -0.15) is 0 Å². The monoisotopic (exact) mass is 396 g/mol. The molecule has 1 aliphatic carbocycles. The van der Waals surface area contributed by atoms with Crippen molar-refractivity contribution in [2.45, 2.75) is 0 Å². The van der Waals surface area contributed by atoms with E-state index in [1.54, 1.807) is 18.2 Å². The van der Waals surface area contributed by atoms with Gasteiger partial charge in [-0.3, -0.25) is 10.1 Å². The third-order valence-electron chi connectivity index (χ3n) is 4.43. The van der Waals surface area contributed by atoms with Crippen molar-refractivity contribution in [2.24, 2.45) is 0 Å². The first-order valence-electron chi connectivity index (χ1n) is 7.91. The number of aromatic nitrogens is 1. The van der Waals surface area contributed by atoms with Gasteiger partial charge in [0.2, 0.25) is 0 Å². The molecule has 0 saturated heterocycles. The third kappa shape index (κ3) is 2.34. The number of nitrogens with zero attached hydrogens (tertiary/aromatic N) is 1. The molecule has 6 heteroatoms. The summed E-state index contributed by atoms with van der Waals surface area (Å²) in [6.07, 6.45) is 0. The Hall–Kier alpha value is -2.40. The number of amides is 1. The highest BCUT2D eigenvalue weighted by atomic mass is 35.5. The van der Waals surface area contributed by atoms with Crippen molar-refractivity contribution in [3.63, 3.8) is 0 Å². The Bertz CT molecular complexity index is 1160. The minimum atomic E-state index is -0.300. The van der Waals surface area contributed by atoms with Crippen LogP contribution in [-0.2, 0) is 0 Å². The Balaban J connectivity index is 1.53. The van der Waals surface area contributed by atoms with E-state index < -0.39 is 0 Å². The highest BCUT2D eigenvalue weighted by molar-refractivity contribution is 7.20. The number of hydrogen-bond acceptors (Lipinski definition) is 3. The van der Waals surface area contributed by atoms with Gasteiger partial charge in [0, 0.05) is 16.1 Å². The maximum absolute atomic E-state index is 12.5. The normalized spacial score (nSPS) is 11.6. The van der Waals surface area contributed by atoms with Gasteiger partial charge in [0.25, 0.3) is 5.91 Å². The lowest BCUT2D eigenvalue weighted by Crippen LogP contribution is -2.12. The van der Waals surface area contributed by atoms with E-state index in [4.69, 9.17) is 23.2 Å². The summed E-state index contributed by atoms with van der Waals surface area (Å²) in [5, 5.41) is 6.63. The number of fused-ring (bicyclic) bond motifs is 3. The molecule has 0 bridgehead atoms. The second kappa shape index (κ2) is 5.81. The van der Waals surface area contributed by atoms with Gasteiger partial charge in [-0.1, -0.05) is 70.9 Å². The van der Waals surface area contributed by atoms with Crippen LogP contribution >= 0.6 is 34.5 Å². The van der Waals surface area contributed by atoms with Crippen LogP contribution in [-0.4, -0.2) is 10.9 Å². The van der Waals surface area contributed by atoms with E-state index in [9.17, 15) is 4.79 Å². The van der Waals surface area contributed by atoms with Crippen LogP contribution in [0.25, 0.3) is 32.5 Å². The summed E-state index contributed by atoms with van der Waals surface area (Å²) in [6, 6.07) is 17.2. The molecule has 0 atom stereocenters. The molecule has 0 radical (unpaired) electrons. The van der Waals surface area contributed by atoms with Gasteiger partial charge in [-0.05, 0) is 29.0 Å². The molecule has 126 valence electrons. The Labute approximate surface area is 163 Å². The standard InChI is InChI=1S/C20H10Cl2N2OS/c21-11-7-8-12(15(22)9-11)19(25)24-20-23-17-13-5-1-3-10-4-2-6-14(16(10)13)18(17)26-20/h1-9H,(H,23,24,25). The Morgan fingerprint density at radius 3 is 2.54 bits per heavy atom. The predicted octanol–water partition coefficient (Wildman–Crippen LogP) is 6.50. The van der Waals surface area contributed by atoms with Gasteiger partial charge >= 0.3 is 0 Å². The fraction of sp³-hybridized carbons (Fsp3) is 0. The van der Waals surface area contributed by atoms with Crippen molar-refractivity contribution in [1.82, 2.24) is 4.98 Å². The van der Waals surface area contributed by atoms with Crippen LogP contribution in [0.5, 0.6) is 0 Å². The number of nitrogens with one attached hydrogen (secondary N) is 1. The molecule has 1 N–H and O–H groups in total. The molecule has 5 rings (SSSR count). The number of thiazole rings is 1. The number of benzene rings is 3. The number of carbonyl (C=O) groups is 1. The van der Waals surface area contributed by atoms with Crippen molar-refractivity contribution in [3.05, 3.63) is 70.2 Å². The molecule has 4 aromatic rings. The molecule has 0 fully saturated rings. The van der Waals surface area contributed by atoms with Crippen LogP contribution in [0.1, 0.15) is 10.4 Å². The fourth-order valence-corrected chi connectivity index (χ4v) is 4.80. The minimum absolute atomic E-state index is 0.300. The van der Waals surface area contributed by atoms with Crippen LogP contribution in [0.2, 0.25) is 10.0 Å². The smallest absolute Gasteiger partial charge is 0.258 e. The highest BCUT2D eigenvalue weighted by Crippen LogP contribution is 2.50. The van der Waals surface area contributed by atoms with Gasteiger partial charge < -0.3 is 0 Å². The minimum Gasteiger partial charge on any atom is -0.298 e. The summed E-state index contributed by atoms with van der Waals surface area (Å²) in [5.74, 6) is -0.300. The lowest BCUT2D eigenvalue weighted by atomic mass is 10.0. The number of carbonyl (C=O) groups excluding carboxylic acids is 1. The van der Waals surface area contributed by atoms with Crippen LogP contribution in [0.4, 0.5) is 5.13 Å². The van der Waals surface area contributed by atoms with E-state index >= 15 is 0 Å². The average molecular weight is 397 g/mol. The quantitative estimate of drug-likeness (QED) is 0.369. The summed E-state index contributed by atoms with van der Waals surface area (Å²) in [4.78, 5) is 18.3. The van der Waals surface area contributed by atoms with E-state index in [-0.39, 0.29) is 5.91 Å². The number of anilines is 1. The van der Waals surface area contributed by atoms with E-state index in [1.165, 1.54) is 22.1 Å². The molecule has 3 aromatic carbocycles. The van der Waals surface area contributed by atoms with Crippen molar-refractivity contribution in [3.8, 4) is 21.7 Å². The van der Waals surface area contributed by atoms with E-state index in [1.807, 2.05) is 12.1 Å². The molecule has 0 saturated carbocycles. The number of halogens is 2. The van der Waals surface area contributed by atoms with Crippen molar-refractivity contribution in [1.29, 1.82) is 0 Å². The van der Waals surface area contributed by atoms with Crippen LogP contribution in [0.3, 0.4) is 0 Å². The van der Waals surface area contributed by atoms with Crippen LogP contribution in [0.15, 0.2) is 54.6 Å². The molecule has 1 aliphatic rings. The molecule has 0 spiro atoms. The summed E-state index contributed by atoms with van der Waals surface area (Å²) in [5.41, 5.74) is 3.55. The van der Waals surface area contributed by atoms with Gasteiger partial charge in [0.15, 0.2) is 5.13 Å². The molecular formula is C20H10Cl2N2OS. The SMILES string of the molecule is O=C(Nc1nc2c(s1)-c1cccc3cccc-2c13)c1ccc(Cl)cc1Cl. The first-order valence-corrected chi connectivity index (χ1v) is 9.49. The zero-order valence-electron chi connectivity index (χ0n) is 13.2. The maximum atomic E-state index is 12.5. The lowest BCUT2D eigenvalue weighted by Gasteiger charge is -2.05. The van der Waals surface area contributed by atoms with Crippen LogP contribution < -0.4 is 5.32 Å². The van der Waals surface area contributed by atoms with Gasteiger partial charge in [0.1, 0.15) is 0 Å². The first kappa shape index (κ1) is 15.8. The predicted molar refractivity (Wildman–Crippen MR) is 108 cm³/mol. The van der Waals surface area contributed by atoms with E-state index in [2.05, 4.69) is 34.6 Å². The lowest BCUT2D eigenvalue weighted by molar-refractivity contribution is 0.102. The van der Waals surface area contributed by atoms with Crippen molar-refractivity contribution >= 4 is 56.3 Å². The molecule has 1 heterocycles. The van der Waals surface area contributed by atoms with Gasteiger partial charge in [-0.15, -0.1) is 0 Å². The van der Waals surface area contributed by atoms with Gasteiger partial charge in [-0.25, -0.2) is 4.98 Å². The van der Waals surface area contributed by atoms with E-state index in [0.717, 1.165) is 21.7 Å². The van der Waals surface area contributed by atoms with Gasteiger partial charge in [0.05, 0.1) is 21.2 Å². The third-order valence-corrected chi connectivity index (χ3v) is 5.98. The summed E-state index contributed by atoms with van der Waals surface area (Å²) < 4.78 is 0. The fourth-order valence-electron chi connectivity index (χ4n) is 3.30. The summed E-state index contributed by atoms with van der Waals surface area (Å²) in [6.45, 7) is 0. The van der Waals surface area contributed by atoms with Crippen molar-refractivity contribution < 1.29 is 4.79 Å². The van der Waals surface area contributed by atoms with E-state index in [0.29, 0.717) is 20.7 Å². The average Bonchev–Trinajstić information content (AvgIpc) is 3.15.